The molecule has 0 fully saturated rings. The largest absolute Gasteiger partial charge is 1.00 e. The zero-order chi connectivity index (χ0) is 21.0. The van der Waals surface area contributed by atoms with Crippen LogP contribution in [0.5, 0.6) is 0 Å². The van der Waals surface area contributed by atoms with Gasteiger partial charge in [-0.1, -0.05) is 0 Å². The Kier molecular flexibility index (Phi) is 9.46. The van der Waals surface area contributed by atoms with Crippen molar-refractivity contribution >= 4 is 28.0 Å². The van der Waals surface area contributed by atoms with Crippen LogP contribution in [0.4, 0.5) is 0 Å². The maximum absolute atomic E-state index is 2.60. The summed E-state index contributed by atoms with van der Waals surface area (Å²) < 4.78 is 1.48. The van der Waals surface area contributed by atoms with Crippen LogP contribution in [-0.2, 0) is 23.2 Å². The van der Waals surface area contributed by atoms with Crippen molar-refractivity contribution in [2.75, 3.05) is 26.7 Å². The second-order valence-electron chi connectivity index (χ2n) is 9.01. The van der Waals surface area contributed by atoms with Gasteiger partial charge in [-0.3, -0.25) is 0 Å². The molecule has 0 N–H and O–H groups in total. The summed E-state index contributed by atoms with van der Waals surface area (Å²) in [4.78, 5) is 0. The molecular formula is C26H32Cl2P2Zr. The summed E-state index contributed by atoms with van der Waals surface area (Å²) in [7, 11) is -0.107. The van der Waals surface area contributed by atoms with Gasteiger partial charge in [0.05, 0.1) is 0 Å². The van der Waals surface area contributed by atoms with Crippen molar-refractivity contribution in [3.63, 3.8) is 0 Å². The Bertz CT molecular complexity index is 970. The van der Waals surface area contributed by atoms with Gasteiger partial charge in [0.15, 0.2) is 0 Å². The molecule has 0 aromatic heterocycles. The van der Waals surface area contributed by atoms with Crippen LogP contribution in [0.1, 0.15) is 51.8 Å². The Labute approximate surface area is 215 Å². The van der Waals surface area contributed by atoms with E-state index in [-0.39, 0.29) is 40.7 Å². The molecule has 2 atom stereocenters. The SMILES string of the molecule is Cc1ccc(C)c2c1C=C(P(C)C)[CH]2[Zr+2][CH]1C(P(C)C)=Cc2c(C)ccc(C)c21.[Cl-].[Cl-]. The van der Waals surface area contributed by atoms with Crippen LogP contribution in [0.2, 0.25) is 0 Å². The van der Waals surface area contributed by atoms with E-state index < -0.39 is 23.2 Å². The molecule has 2 aliphatic carbocycles. The molecule has 0 heterocycles. The smallest absolute Gasteiger partial charge is 1.00 e. The molecule has 2 aromatic carbocycles. The minimum atomic E-state index is -0.780. The maximum Gasteiger partial charge on any atom is -1.00 e. The third-order valence-electron chi connectivity index (χ3n) is 6.57. The fourth-order valence-electron chi connectivity index (χ4n) is 4.90. The van der Waals surface area contributed by atoms with E-state index in [1.54, 1.807) is 32.9 Å². The number of allylic oxidation sites excluding steroid dienone is 2. The summed E-state index contributed by atoms with van der Waals surface area (Å²) in [6.45, 7) is 19.1. The van der Waals surface area contributed by atoms with Gasteiger partial charge in [0, 0.05) is 0 Å². The Hall–Kier alpha value is 0.243. The molecule has 0 saturated carbocycles. The zero-order valence-corrected chi connectivity index (χ0v) is 25.5. The van der Waals surface area contributed by atoms with Gasteiger partial charge >= 0.3 is 192 Å². The number of halogens is 2. The monoisotopic (exact) mass is 566 g/mol. The van der Waals surface area contributed by atoms with Crippen molar-refractivity contribution in [3.8, 4) is 0 Å². The molecule has 31 heavy (non-hydrogen) atoms. The molecule has 0 aliphatic heterocycles. The number of rotatable bonds is 4. The van der Waals surface area contributed by atoms with E-state index in [1.807, 2.05) is 0 Å². The summed E-state index contributed by atoms with van der Waals surface area (Å²) in [5, 5.41) is 3.54. The Balaban J connectivity index is 0.00000171. The van der Waals surface area contributed by atoms with Gasteiger partial charge in [-0.05, 0) is 0 Å². The Morgan fingerprint density at radius 3 is 1.23 bits per heavy atom. The number of fused-ring (bicyclic) bond motifs is 2. The first-order valence-corrected chi connectivity index (χ1v) is 17.8. The quantitative estimate of drug-likeness (QED) is 0.496. The average molecular weight is 569 g/mol. The molecule has 0 spiro atoms. The van der Waals surface area contributed by atoms with E-state index in [0.717, 1.165) is 7.25 Å². The Morgan fingerprint density at radius 2 is 0.903 bits per heavy atom. The van der Waals surface area contributed by atoms with Crippen LogP contribution < -0.4 is 24.8 Å². The van der Waals surface area contributed by atoms with E-state index in [2.05, 4.69) is 90.8 Å². The summed E-state index contributed by atoms with van der Waals surface area (Å²) in [5.74, 6) is 0. The standard InChI is InChI=1S/2C13H16P.2ClH.Zr/c2*1-9-5-6-10(2)13-8-11(14(3)4)7-12(9)13;;;/h2*5-8H,1-4H3;2*1H;/q;;;;+2/p-2. The van der Waals surface area contributed by atoms with Crippen molar-refractivity contribution in [2.24, 2.45) is 0 Å². The second-order valence-corrected chi connectivity index (χ2v) is 17.3. The first-order chi connectivity index (χ1) is 13.7. The molecule has 4 rings (SSSR count). The van der Waals surface area contributed by atoms with Crippen molar-refractivity contribution in [1.29, 1.82) is 0 Å². The predicted molar refractivity (Wildman–Crippen MR) is 131 cm³/mol. The topological polar surface area (TPSA) is 0 Å². The number of hydrogen-bond acceptors (Lipinski definition) is 0. The van der Waals surface area contributed by atoms with E-state index in [1.165, 1.54) is 22.3 Å². The zero-order valence-electron chi connectivity index (χ0n) is 19.8. The molecule has 0 radical (unpaired) electrons. The molecular weight excluding hydrogens is 536 g/mol. The number of hydrogen-bond donors (Lipinski definition) is 0. The molecule has 2 aliphatic rings. The van der Waals surface area contributed by atoms with Crippen molar-refractivity contribution in [1.82, 2.24) is 0 Å². The van der Waals surface area contributed by atoms with Crippen molar-refractivity contribution in [2.45, 2.75) is 34.9 Å². The van der Waals surface area contributed by atoms with Crippen LogP contribution in [0.25, 0.3) is 12.2 Å². The van der Waals surface area contributed by atoms with Crippen LogP contribution in [0, 0.1) is 27.7 Å². The maximum atomic E-state index is 2.60. The van der Waals surface area contributed by atoms with Crippen molar-refractivity contribution < 1.29 is 48.0 Å². The summed E-state index contributed by atoms with van der Waals surface area (Å²) >= 11 is -0.780. The van der Waals surface area contributed by atoms with E-state index in [4.69, 9.17) is 0 Å². The first-order valence-electron chi connectivity index (χ1n) is 10.4. The van der Waals surface area contributed by atoms with Gasteiger partial charge in [-0.15, -0.1) is 0 Å². The fourth-order valence-corrected chi connectivity index (χ4v) is 16.4. The van der Waals surface area contributed by atoms with Gasteiger partial charge < -0.3 is 24.8 Å². The van der Waals surface area contributed by atoms with Crippen LogP contribution in [0.3, 0.4) is 0 Å². The van der Waals surface area contributed by atoms with Crippen LogP contribution in [-0.4, -0.2) is 26.7 Å². The number of benzene rings is 2. The minimum absolute atomic E-state index is 0. The summed E-state index contributed by atoms with van der Waals surface area (Å²) in [6, 6.07) is 9.38. The van der Waals surface area contributed by atoms with Gasteiger partial charge in [-0.2, -0.15) is 0 Å². The Morgan fingerprint density at radius 1 is 0.581 bits per heavy atom. The van der Waals surface area contributed by atoms with E-state index in [9.17, 15) is 0 Å². The van der Waals surface area contributed by atoms with Crippen LogP contribution >= 0.6 is 15.8 Å². The normalized spacial score (nSPS) is 18.6. The third-order valence-corrected chi connectivity index (χ3v) is 15.2. The first kappa shape index (κ1) is 27.5. The number of aryl methyl sites for hydroxylation is 4. The second kappa shape index (κ2) is 10.7. The fraction of sp³-hybridized carbons (Fsp3) is 0.385. The molecule has 0 saturated heterocycles. The molecule has 5 heteroatoms. The summed E-state index contributed by atoms with van der Waals surface area (Å²) in [6.07, 6.45) is 5.19. The third kappa shape index (κ3) is 4.89. The van der Waals surface area contributed by atoms with Crippen molar-refractivity contribution in [3.05, 3.63) is 79.4 Å². The van der Waals surface area contributed by atoms with E-state index in [0.29, 0.717) is 0 Å². The van der Waals surface area contributed by atoms with Gasteiger partial charge in [0.2, 0.25) is 0 Å². The molecule has 2 unspecified atom stereocenters. The minimum Gasteiger partial charge on any atom is -1.00 e. The van der Waals surface area contributed by atoms with Crippen LogP contribution in [0.15, 0.2) is 34.9 Å². The predicted octanol–water partition coefficient (Wildman–Crippen LogP) is 1.99. The average Bonchev–Trinajstić information content (AvgIpc) is 3.23. The molecule has 2 aromatic rings. The molecule has 0 bridgehead atoms. The van der Waals surface area contributed by atoms with Gasteiger partial charge in [0.25, 0.3) is 0 Å². The van der Waals surface area contributed by atoms with Gasteiger partial charge in [0.1, 0.15) is 0 Å². The molecule has 0 nitrogen and oxygen atoms in total. The van der Waals surface area contributed by atoms with Gasteiger partial charge in [-0.25, -0.2) is 0 Å². The molecule has 0 amide bonds. The molecule has 164 valence electrons. The summed E-state index contributed by atoms with van der Waals surface area (Å²) in [5.41, 5.74) is 12.5. The van der Waals surface area contributed by atoms with E-state index >= 15 is 0 Å².